The molecule has 1 atom stereocenters. The van der Waals surface area contributed by atoms with Crippen LogP contribution in [-0.2, 0) is 48.6 Å². The van der Waals surface area contributed by atoms with Gasteiger partial charge in [-0.3, -0.25) is 9.55 Å². The molecule has 2 rings (SSSR count). The first-order valence-corrected chi connectivity index (χ1v) is 8.01. The van der Waals surface area contributed by atoms with Gasteiger partial charge in [-0.15, -0.1) is 0 Å². The van der Waals surface area contributed by atoms with Crippen LogP contribution in [0.2, 0.25) is 0 Å². The van der Waals surface area contributed by atoms with E-state index >= 15 is 0 Å². The minimum atomic E-state index is -4.47. The van der Waals surface area contributed by atoms with Crippen molar-refractivity contribution >= 4 is 18.8 Å². The molecule has 0 unspecified atom stereocenters. The van der Waals surface area contributed by atoms with Crippen molar-refractivity contribution in [3.05, 3.63) is 30.5 Å². The minimum absolute atomic E-state index is 0. The minimum Gasteiger partial charge on any atom is -0.369 e. The van der Waals surface area contributed by atoms with Crippen molar-refractivity contribution in [3.63, 3.8) is 0 Å². The zero-order chi connectivity index (χ0) is 16.5. The van der Waals surface area contributed by atoms with E-state index < -0.39 is 19.8 Å². The van der Waals surface area contributed by atoms with Crippen molar-refractivity contribution in [1.29, 1.82) is 0 Å². The molecule has 0 aliphatic heterocycles. The number of aryl methyl sites for hydroxylation is 1. The summed E-state index contributed by atoms with van der Waals surface area (Å²) in [4.78, 5) is 29.5. The van der Waals surface area contributed by atoms with Crippen LogP contribution < -0.4 is 0 Å². The summed E-state index contributed by atoms with van der Waals surface area (Å²) in [5, 5.41) is 0. The summed E-state index contributed by atoms with van der Waals surface area (Å²) in [6, 6.07) is 0. The molecule has 0 saturated carbocycles. The average Bonchev–Trinajstić information content (AvgIpc) is 2.81. The molecule has 0 fully saturated rings. The third kappa shape index (κ3) is 5.21. The maximum atomic E-state index is 14.3. The van der Waals surface area contributed by atoms with E-state index in [2.05, 4.69) is 32.6 Å². The van der Waals surface area contributed by atoms with Gasteiger partial charge in [0.25, 0.3) is 0 Å². The van der Waals surface area contributed by atoms with Gasteiger partial charge >= 0.3 is 7.60 Å². The van der Waals surface area contributed by atoms with Gasteiger partial charge < -0.3 is 29.1 Å². The van der Waals surface area contributed by atoms with Gasteiger partial charge in [0, 0.05) is 62.3 Å². The van der Waals surface area contributed by atoms with Crippen LogP contribution >= 0.6 is 7.60 Å². The first kappa shape index (κ1) is 20.5. The summed E-state index contributed by atoms with van der Waals surface area (Å²) in [6.45, 7) is 6.34. The second-order valence-electron chi connectivity index (χ2n) is 4.91. The van der Waals surface area contributed by atoms with Crippen LogP contribution in [0.15, 0.2) is 18.5 Å². The monoisotopic (exact) mass is 418 g/mol. The fraction of sp³-hybridized carbons (Fsp3) is 0.417. The number of alkyl halides is 1. The number of ether oxygens (including phenoxy) is 1. The maximum absolute atomic E-state index is 14.3. The zero-order valence-corrected chi connectivity index (χ0v) is 16.3. The van der Waals surface area contributed by atoms with Crippen molar-refractivity contribution in [1.82, 2.24) is 19.5 Å². The fourth-order valence-electron chi connectivity index (χ4n) is 1.72. The van der Waals surface area contributed by atoms with Crippen LogP contribution in [0, 0.1) is 13.3 Å². The van der Waals surface area contributed by atoms with Crippen molar-refractivity contribution in [2.75, 3.05) is 6.35 Å². The molecular weight excluding hydrogens is 403 g/mol. The second kappa shape index (κ2) is 7.55. The zero-order valence-electron chi connectivity index (χ0n) is 12.6. The van der Waals surface area contributed by atoms with Crippen molar-refractivity contribution in [3.8, 4) is 0 Å². The molecule has 0 bridgehead atoms. The molecule has 0 aromatic carbocycles. The van der Waals surface area contributed by atoms with Crippen LogP contribution in [0.25, 0.3) is 11.2 Å². The number of imidazole rings is 1. The Hall–Kier alpha value is -0.566. The molecule has 2 aromatic rings. The van der Waals surface area contributed by atoms with Gasteiger partial charge in [-0.2, -0.15) is 0 Å². The Kier molecular flexibility index (Phi) is 6.72. The smallest absolute Gasteiger partial charge is 0.351 e. The molecule has 0 aliphatic carbocycles. The molecule has 2 heterocycles. The van der Waals surface area contributed by atoms with Gasteiger partial charge in [-0.05, 0) is 12.6 Å². The molecule has 23 heavy (non-hydrogen) atoms. The number of rotatable bonds is 6. The number of hydrogen-bond donors (Lipinski definition) is 2. The van der Waals surface area contributed by atoms with Crippen molar-refractivity contribution in [2.45, 2.75) is 26.2 Å². The van der Waals surface area contributed by atoms with E-state index in [0.29, 0.717) is 16.9 Å². The Morgan fingerprint density at radius 1 is 1.57 bits per heavy atom. The van der Waals surface area contributed by atoms with E-state index in [9.17, 15) is 8.96 Å². The fourth-order valence-corrected chi connectivity index (χ4v) is 2.13. The van der Waals surface area contributed by atoms with Crippen LogP contribution in [-0.4, -0.2) is 41.5 Å². The van der Waals surface area contributed by atoms with Gasteiger partial charge in [-0.1, -0.05) is 13.5 Å². The van der Waals surface area contributed by atoms with Gasteiger partial charge in [-0.25, -0.2) is 4.39 Å². The Labute approximate surface area is 157 Å². The molecule has 0 aliphatic rings. The van der Waals surface area contributed by atoms with E-state index in [1.165, 1.54) is 10.9 Å². The molecule has 123 valence electrons. The summed E-state index contributed by atoms with van der Waals surface area (Å²) < 4.78 is 31.3. The largest absolute Gasteiger partial charge is 0.369 e. The molecule has 2 N–H and O–H groups in total. The Balaban J connectivity index is 0.00000264. The molecule has 0 saturated heterocycles. The summed E-state index contributed by atoms with van der Waals surface area (Å²) in [7, 11) is -4.47. The number of halogens is 1. The molecule has 0 amide bonds. The summed E-state index contributed by atoms with van der Waals surface area (Å²) in [5.41, 5.74) is 1.62. The third-order valence-electron chi connectivity index (χ3n) is 3.02. The summed E-state index contributed by atoms with van der Waals surface area (Å²) >= 11 is 0. The van der Waals surface area contributed by atoms with E-state index in [-0.39, 0.29) is 44.8 Å². The first-order chi connectivity index (χ1) is 10.1. The van der Waals surface area contributed by atoms with Gasteiger partial charge in [0.2, 0.25) is 5.85 Å². The Morgan fingerprint density at radius 2 is 2.22 bits per heavy atom. The predicted molar refractivity (Wildman–Crippen MR) is 75.5 cm³/mol. The van der Waals surface area contributed by atoms with E-state index in [1.54, 1.807) is 6.92 Å². The van der Waals surface area contributed by atoms with E-state index in [1.807, 2.05) is 0 Å². The quantitative estimate of drug-likeness (QED) is 0.414. The van der Waals surface area contributed by atoms with Crippen LogP contribution in [0.3, 0.4) is 0 Å². The molecular formula is C12H15FN4O4PY-. The normalized spacial score (nSPS) is 14.3. The van der Waals surface area contributed by atoms with Crippen LogP contribution in [0.1, 0.15) is 12.6 Å². The predicted octanol–water partition coefficient (Wildman–Crippen LogP) is 1.33. The first-order valence-electron chi connectivity index (χ1n) is 6.21. The van der Waals surface area contributed by atoms with Crippen molar-refractivity contribution in [2.24, 2.45) is 0 Å². The number of nitrogens with zero attached hydrogens (tertiary/aromatic N) is 4. The Bertz CT molecular complexity index is 761. The number of aromatic nitrogens is 4. The van der Waals surface area contributed by atoms with E-state index in [0.717, 1.165) is 6.92 Å². The number of hydrogen-bond acceptors (Lipinski definition) is 5. The molecule has 1 radical (unpaired) electrons. The van der Waals surface area contributed by atoms with Gasteiger partial charge in [0.05, 0.1) is 6.33 Å². The summed E-state index contributed by atoms with van der Waals surface area (Å²) in [5.74, 6) is -2.40. The Morgan fingerprint density at radius 3 is 2.83 bits per heavy atom. The van der Waals surface area contributed by atoms with Crippen molar-refractivity contribution < 1.29 is 56.2 Å². The maximum Gasteiger partial charge on any atom is 0.351 e. The topological polar surface area (TPSA) is 110 Å². The molecule has 0 spiro atoms. The van der Waals surface area contributed by atoms with Gasteiger partial charge in [0.1, 0.15) is 0 Å². The van der Waals surface area contributed by atoms with Crippen LogP contribution in [0.5, 0.6) is 0 Å². The second-order valence-corrected chi connectivity index (χ2v) is 6.50. The molecule has 2 aromatic heterocycles. The summed E-state index contributed by atoms with van der Waals surface area (Å²) in [6.07, 6.45) is 2.89. The van der Waals surface area contributed by atoms with E-state index in [4.69, 9.17) is 9.79 Å². The standard InChI is InChI=1S/C12H15FN4O4P.Y/c1-8(12(3,13)21-7-22(18,19)20)4-17-6-16-10-9(2)14-5-15-11(10)17;/h6H,1,4,7H2,2-3H3,(H2,18,19,20);/q-1;/t12-;/m0./s1. The number of fused-ring (bicyclic) bond motifs is 1. The molecule has 11 heteroatoms. The third-order valence-corrected chi connectivity index (χ3v) is 3.49. The van der Waals surface area contributed by atoms with Gasteiger partial charge in [0.15, 0.2) is 6.35 Å². The molecule has 8 nitrogen and oxygen atoms in total. The SMILES string of the molecule is C=C(Cn1cnc2c(C)n[c-]nc21)[C@@](C)(F)OCP(=O)(O)O.[Y]. The average molecular weight is 418 g/mol. The van der Waals surface area contributed by atoms with Crippen LogP contribution in [0.4, 0.5) is 4.39 Å².